The average molecular weight is 443 g/mol. The Balaban J connectivity index is 2.16. The van der Waals surface area contributed by atoms with Crippen molar-refractivity contribution in [2.75, 3.05) is 25.5 Å². The van der Waals surface area contributed by atoms with Gasteiger partial charge in [-0.1, -0.05) is 6.92 Å². The molecule has 0 aromatic heterocycles. The number of nitrogens with zero attached hydrogens (tertiary/aromatic N) is 1. The molecule has 0 aliphatic heterocycles. The van der Waals surface area contributed by atoms with Gasteiger partial charge in [-0.2, -0.15) is 0 Å². The molecule has 0 fully saturated rings. The molecule has 7 nitrogen and oxygen atoms in total. The zero-order valence-electron chi connectivity index (χ0n) is 16.2. The quantitative estimate of drug-likeness (QED) is 0.613. The first-order valence-corrected chi connectivity index (χ1v) is 10.3. The van der Waals surface area contributed by atoms with Gasteiger partial charge in [-0.05, 0) is 49.9 Å². The Kier molecular flexibility index (Phi) is 7.57. The maximum atomic E-state index is 13.7. The molecule has 2 N–H and O–H groups in total. The molecule has 11 heteroatoms. The van der Waals surface area contributed by atoms with Crippen molar-refractivity contribution in [1.29, 1.82) is 0 Å². The monoisotopic (exact) mass is 443 g/mol. The third kappa shape index (κ3) is 5.36. The summed E-state index contributed by atoms with van der Waals surface area (Å²) in [7, 11) is -2.41. The molecule has 0 spiro atoms. The fraction of sp³-hybridized carbons (Fsp3) is 0.263. The van der Waals surface area contributed by atoms with Crippen LogP contribution in [0.4, 0.5) is 18.9 Å². The van der Waals surface area contributed by atoms with Crippen LogP contribution in [0.2, 0.25) is 0 Å². The number of amides is 2. The summed E-state index contributed by atoms with van der Waals surface area (Å²) >= 11 is 0. The van der Waals surface area contributed by atoms with E-state index in [0.29, 0.717) is 12.5 Å². The maximum Gasteiger partial charge on any atom is 0.254 e. The van der Waals surface area contributed by atoms with Gasteiger partial charge >= 0.3 is 0 Å². The van der Waals surface area contributed by atoms with Gasteiger partial charge in [0.25, 0.3) is 5.91 Å². The van der Waals surface area contributed by atoms with Crippen LogP contribution in [-0.4, -0.2) is 45.3 Å². The van der Waals surface area contributed by atoms with Crippen molar-refractivity contribution in [3.63, 3.8) is 0 Å². The van der Waals surface area contributed by atoms with Crippen LogP contribution in [-0.2, 0) is 14.8 Å². The van der Waals surface area contributed by atoms with E-state index < -0.39 is 51.5 Å². The summed E-state index contributed by atoms with van der Waals surface area (Å²) in [4.78, 5) is 26.1. The van der Waals surface area contributed by atoms with E-state index in [4.69, 9.17) is 0 Å². The van der Waals surface area contributed by atoms with Gasteiger partial charge in [-0.15, -0.1) is 0 Å². The molecule has 0 saturated carbocycles. The van der Waals surface area contributed by atoms with Gasteiger partial charge in [0.15, 0.2) is 17.5 Å². The second-order valence-corrected chi connectivity index (χ2v) is 8.12. The molecular formula is C19H20F3N3O4S. The number of rotatable bonds is 8. The average Bonchev–Trinajstić information content (AvgIpc) is 2.73. The molecule has 0 saturated heterocycles. The lowest BCUT2D eigenvalue weighted by Crippen LogP contribution is -2.38. The predicted molar refractivity (Wildman–Crippen MR) is 104 cm³/mol. The Hall–Kier alpha value is -2.92. The minimum absolute atomic E-state index is 0.0323. The first kappa shape index (κ1) is 23.4. The lowest BCUT2D eigenvalue weighted by molar-refractivity contribution is -0.116. The largest absolute Gasteiger partial charge is 0.329 e. The Morgan fingerprint density at radius 1 is 1.00 bits per heavy atom. The number of anilines is 1. The van der Waals surface area contributed by atoms with E-state index in [-0.39, 0.29) is 17.0 Å². The second kappa shape index (κ2) is 9.72. The van der Waals surface area contributed by atoms with E-state index in [1.807, 2.05) is 0 Å². The number of carbonyl (C=O) groups excluding carboxylic acids is 2. The van der Waals surface area contributed by atoms with E-state index in [1.165, 1.54) is 36.2 Å². The Labute approximate surface area is 171 Å². The van der Waals surface area contributed by atoms with Crippen molar-refractivity contribution in [2.45, 2.75) is 18.2 Å². The number of halogens is 3. The van der Waals surface area contributed by atoms with Gasteiger partial charge in [0.1, 0.15) is 6.54 Å². The summed E-state index contributed by atoms with van der Waals surface area (Å²) in [6.45, 7) is 1.49. The summed E-state index contributed by atoms with van der Waals surface area (Å²) in [6.07, 6.45) is 0.505. The summed E-state index contributed by atoms with van der Waals surface area (Å²) in [6, 6.07) is 6.66. The highest BCUT2D eigenvalue weighted by Crippen LogP contribution is 2.20. The first-order valence-electron chi connectivity index (χ1n) is 8.87. The van der Waals surface area contributed by atoms with Crippen LogP contribution in [0.25, 0.3) is 0 Å². The molecule has 2 amide bonds. The zero-order valence-corrected chi connectivity index (χ0v) is 17.0. The molecule has 162 valence electrons. The van der Waals surface area contributed by atoms with Gasteiger partial charge in [0.2, 0.25) is 15.9 Å². The van der Waals surface area contributed by atoms with E-state index in [0.717, 1.165) is 6.07 Å². The molecule has 0 bridgehead atoms. The topological polar surface area (TPSA) is 95.6 Å². The highest BCUT2D eigenvalue weighted by molar-refractivity contribution is 7.89. The molecule has 2 rings (SSSR count). The molecule has 2 aromatic rings. The van der Waals surface area contributed by atoms with Crippen molar-refractivity contribution >= 4 is 27.5 Å². The Morgan fingerprint density at radius 3 is 2.20 bits per heavy atom. The summed E-state index contributed by atoms with van der Waals surface area (Å²) < 4.78 is 65.7. The summed E-state index contributed by atoms with van der Waals surface area (Å²) in [5, 5.41) is 2.11. The van der Waals surface area contributed by atoms with Crippen LogP contribution in [0, 0.1) is 17.5 Å². The molecule has 0 aliphatic rings. The SMILES string of the molecule is CCCN(CC(=O)Nc1ccc(F)c(F)c1F)C(=O)c1ccc(S(=O)(=O)NC)cc1. The summed E-state index contributed by atoms with van der Waals surface area (Å²) in [5.74, 6) is -6.01. The van der Waals surface area contributed by atoms with E-state index in [9.17, 15) is 31.2 Å². The highest BCUT2D eigenvalue weighted by Gasteiger charge is 2.21. The number of hydrogen-bond donors (Lipinski definition) is 2. The van der Waals surface area contributed by atoms with Crippen molar-refractivity contribution in [3.8, 4) is 0 Å². The Bertz CT molecular complexity index is 1040. The van der Waals surface area contributed by atoms with Gasteiger partial charge in [0.05, 0.1) is 10.6 Å². The number of benzene rings is 2. The third-order valence-electron chi connectivity index (χ3n) is 4.10. The normalized spacial score (nSPS) is 11.2. The number of hydrogen-bond acceptors (Lipinski definition) is 4. The van der Waals surface area contributed by atoms with Crippen LogP contribution >= 0.6 is 0 Å². The van der Waals surface area contributed by atoms with E-state index in [2.05, 4.69) is 10.0 Å². The maximum absolute atomic E-state index is 13.7. The van der Waals surface area contributed by atoms with Gasteiger partial charge in [-0.25, -0.2) is 26.3 Å². The molecule has 0 radical (unpaired) electrons. The number of nitrogens with one attached hydrogen (secondary N) is 2. The first-order chi connectivity index (χ1) is 14.1. The Morgan fingerprint density at radius 2 is 1.63 bits per heavy atom. The fourth-order valence-electron chi connectivity index (χ4n) is 2.58. The highest BCUT2D eigenvalue weighted by atomic mass is 32.2. The lowest BCUT2D eigenvalue weighted by atomic mass is 10.2. The number of sulfonamides is 1. The van der Waals surface area contributed by atoms with Crippen LogP contribution in [0.3, 0.4) is 0 Å². The summed E-state index contributed by atoms with van der Waals surface area (Å²) in [5.41, 5.74) is -0.408. The minimum Gasteiger partial charge on any atom is -0.329 e. The van der Waals surface area contributed by atoms with Crippen molar-refractivity contribution in [2.24, 2.45) is 0 Å². The molecule has 0 unspecified atom stereocenters. The molecule has 30 heavy (non-hydrogen) atoms. The fourth-order valence-corrected chi connectivity index (χ4v) is 3.32. The molecule has 0 heterocycles. The van der Waals surface area contributed by atoms with E-state index >= 15 is 0 Å². The smallest absolute Gasteiger partial charge is 0.254 e. The van der Waals surface area contributed by atoms with Gasteiger partial charge in [-0.3, -0.25) is 9.59 Å². The molecule has 0 aliphatic carbocycles. The van der Waals surface area contributed by atoms with E-state index in [1.54, 1.807) is 6.92 Å². The van der Waals surface area contributed by atoms with Crippen molar-refractivity contribution in [1.82, 2.24) is 9.62 Å². The second-order valence-electron chi connectivity index (χ2n) is 6.23. The molecule has 2 aromatic carbocycles. The minimum atomic E-state index is -3.67. The molecule has 0 atom stereocenters. The van der Waals surface area contributed by atoms with Crippen molar-refractivity contribution in [3.05, 3.63) is 59.4 Å². The van der Waals surface area contributed by atoms with Crippen LogP contribution in [0.1, 0.15) is 23.7 Å². The molecular weight excluding hydrogens is 423 g/mol. The van der Waals surface area contributed by atoms with Crippen molar-refractivity contribution < 1.29 is 31.2 Å². The van der Waals surface area contributed by atoms with Crippen LogP contribution < -0.4 is 10.0 Å². The predicted octanol–water partition coefficient (Wildman–Crippen LogP) is 2.50. The van der Waals surface area contributed by atoms with Gasteiger partial charge in [0, 0.05) is 12.1 Å². The van der Waals surface area contributed by atoms with Crippen LogP contribution in [0.15, 0.2) is 41.3 Å². The zero-order chi connectivity index (χ0) is 22.5. The van der Waals surface area contributed by atoms with Crippen LogP contribution in [0.5, 0.6) is 0 Å². The van der Waals surface area contributed by atoms with Gasteiger partial charge < -0.3 is 10.2 Å². The number of carbonyl (C=O) groups is 2. The lowest BCUT2D eigenvalue weighted by Gasteiger charge is -2.22. The standard InChI is InChI=1S/C19H20F3N3O4S/c1-3-10-25(11-16(26)24-15-9-8-14(20)17(21)18(15)22)19(27)12-4-6-13(7-5-12)30(28,29)23-2/h4-9,23H,3,10-11H2,1-2H3,(H,24,26). The third-order valence-corrected chi connectivity index (χ3v) is 5.53.